The maximum absolute atomic E-state index is 3.00. The first-order valence-electron chi connectivity index (χ1n) is 5.45. The summed E-state index contributed by atoms with van der Waals surface area (Å²) in [6.45, 7) is 14.4. The molecule has 0 aliphatic heterocycles. The smallest absolute Gasteiger partial charge is 0.0305 e. The first-order chi connectivity index (χ1) is 6.88. The van der Waals surface area contributed by atoms with Gasteiger partial charge >= 0.3 is 0 Å². The van der Waals surface area contributed by atoms with Crippen LogP contribution in [0.25, 0.3) is 0 Å². The van der Waals surface area contributed by atoms with Gasteiger partial charge in [-0.3, -0.25) is 0 Å². The van der Waals surface area contributed by atoms with Crippen molar-refractivity contribution in [3.05, 3.63) is 48.6 Å². The van der Waals surface area contributed by atoms with E-state index in [0.717, 1.165) is 12.8 Å². The van der Waals surface area contributed by atoms with Crippen LogP contribution in [0.5, 0.6) is 0 Å². The summed E-state index contributed by atoms with van der Waals surface area (Å²) in [4.78, 5) is 0. The Morgan fingerprint density at radius 3 is 1.33 bits per heavy atom. The van der Waals surface area contributed by atoms with Crippen molar-refractivity contribution < 1.29 is 0 Å². The topological polar surface area (TPSA) is 0 Å². The molecule has 0 aliphatic rings. The van der Waals surface area contributed by atoms with Crippen molar-refractivity contribution in [3.8, 4) is 0 Å². The Morgan fingerprint density at radius 1 is 0.867 bits per heavy atom. The fourth-order valence-corrected chi connectivity index (χ4v) is 1.25. The molecule has 0 bridgehead atoms. The standard InChI is InChI=1S/C10H14.C2H6.C2H4.CH4/c1-3-9-7-5-6-8-10(9)4-2;2*1-2;/h5-8H,3-4H2,1-2H3;1-2H3;1-2H2;1H4. The summed E-state index contributed by atoms with van der Waals surface area (Å²) < 4.78 is 0. The summed E-state index contributed by atoms with van der Waals surface area (Å²) in [5.74, 6) is 0. The Hall–Kier alpha value is -1.04. The molecule has 0 atom stereocenters. The Balaban J connectivity index is -0.000000258. The molecule has 0 aliphatic carbocycles. The minimum Gasteiger partial charge on any atom is -0.106 e. The molecule has 0 amide bonds. The summed E-state index contributed by atoms with van der Waals surface area (Å²) in [6, 6.07) is 8.63. The van der Waals surface area contributed by atoms with Gasteiger partial charge in [0.1, 0.15) is 0 Å². The van der Waals surface area contributed by atoms with Gasteiger partial charge in [-0.1, -0.05) is 59.4 Å². The Bertz CT molecular complexity index is 190. The van der Waals surface area contributed by atoms with Crippen molar-refractivity contribution in [1.29, 1.82) is 0 Å². The molecule has 0 unspecified atom stereocenters. The average molecular weight is 208 g/mol. The van der Waals surface area contributed by atoms with E-state index in [1.165, 1.54) is 11.1 Å². The van der Waals surface area contributed by atoms with Gasteiger partial charge in [-0.2, -0.15) is 0 Å². The minimum absolute atomic E-state index is 0. The van der Waals surface area contributed by atoms with Crippen molar-refractivity contribution in [2.24, 2.45) is 0 Å². The van der Waals surface area contributed by atoms with Crippen LogP contribution in [0.2, 0.25) is 0 Å². The normalized spacial score (nSPS) is 7.20. The molecule has 0 radical (unpaired) electrons. The molecular formula is C15H28. The van der Waals surface area contributed by atoms with Gasteiger partial charge in [-0.05, 0) is 24.0 Å². The largest absolute Gasteiger partial charge is 0.106 e. The third-order valence-electron chi connectivity index (χ3n) is 1.88. The van der Waals surface area contributed by atoms with Gasteiger partial charge in [0.15, 0.2) is 0 Å². The van der Waals surface area contributed by atoms with E-state index in [-0.39, 0.29) is 7.43 Å². The first kappa shape index (κ1) is 19.5. The lowest BCUT2D eigenvalue weighted by atomic mass is 10.0. The van der Waals surface area contributed by atoms with Crippen LogP contribution < -0.4 is 0 Å². The van der Waals surface area contributed by atoms with Crippen LogP contribution in [0, 0.1) is 0 Å². The highest BCUT2D eigenvalue weighted by Crippen LogP contribution is 2.08. The molecule has 0 spiro atoms. The highest BCUT2D eigenvalue weighted by atomic mass is 14.0. The molecule has 1 rings (SSSR count). The van der Waals surface area contributed by atoms with E-state index in [4.69, 9.17) is 0 Å². The zero-order valence-electron chi connectivity index (χ0n) is 10.1. The van der Waals surface area contributed by atoms with Crippen molar-refractivity contribution in [3.63, 3.8) is 0 Å². The third-order valence-corrected chi connectivity index (χ3v) is 1.88. The predicted octanol–water partition coefficient (Wildman–Crippen LogP) is 5.28. The van der Waals surface area contributed by atoms with E-state index in [1.807, 2.05) is 13.8 Å². The van der Waals surface area contributed by atoms with E-state index in [2.05, 4.69) is 51.3 Å². The lowest BCUT2D eigenvalue weighted by Gasteiger charge is -2.02. The molecule has 1 aromatic rings. The first-order valence-corrected chi connectivity index (χ1v) is 5.45. The van der Waals surface area contributed by atoms with Gasteiger partial charge in [0.05, 0.1) is 0 Å². The van der Waals surface area contributed by atoms with Gasteiger partial charge in [-0.15, -0.1) is 13.2 Å². The van der Waals surface area contributed by atoms with Crippen LogP contribution in [-0.2, 0) is 12.8 Å². The summed E-state index contributed by atoms with van der Waals surface area (Å²) in [7, 11) is 0. The van der Waals surface area contributed by atoms with Crippen LogP contribution in [0.4, 0.5) is 0 Å². The van der Waals surface area contributed by atoms with Gasteiger partial charge in [0.25, 0.3) is 0 Å². The minimum atomic E-state index is 0. The van der Waals surface area contributed by atoms with Crippen LogP contribution in [0.1, 0.15) is 46.2 Å². The van der Waals surface area contributed by atoms with Gasteiger partial charge < -0.3 is 0 Å². The molecule has 15 heavy (non-hydrogen) atoms. The molecule has 0 nitrogen and oxygen atoms in total. The van der Waals surface area contributed by atoms with E-state index in [1.54, 1.807) is 0 Å². The molecule has 0 aromatic heterocycles. The fraction of sp³-hybridized carbons (Fsp3) is 0.467. The summed E-state index contributed by atoms with van der Waals surface area (Å²) in [5, 5.41) is 0. The summed E-state index contributed by atoms with van der Waals surface area (Å²) >= 11 is 0. The third kappa shape index (κ3) is 7.99. The predicted molar refractivity (Wildman–Crippen MR) is 74.5 cm³/mol. The molecule has 0 heteroatoms. The molecule has 88 valence electrons. The number of benzene rings is 1. The molecule has 0 saturated heterocycles. The van der Waals surface area contributed by atoms with E-state index >= 15 is 0 Å². The van der Waals surface area contributed by atoms with E-state index < -0.39 is 0 Å². The molecule has 0 heterocycles. The molecule has 0 N–H and O–H groups in total. The van der Waals surface area contributed by atoms with Crippen LogP contribution in [-0.4, -0.2) is 0 Å². The number of hydrogen-bond donors (Lipinski definition) is 0. The molecule has 0 fully saturated rings. The molecule has 1 aromatic carbocycles. The van der Waals surface area contributed by atoms with E-state index in [9.17, 15) is 0 Å². The Morgan fingerprint density at radius 2 is 1.13 bits per heavy atom. The van der Waals surface area contributed by atoms with Crippen LogP contribution in [0.3, 0.4) is 0 Å². The second kappa shape index (κ2) is 15.4. The van der Waals surface area contributed by atoms with Crippen LogP contribution >= 0.6 is 0 Å². The highest BCUT2D eigenvalue weighted by molar-refractivity contribution is 5.26. The quantitative estimate of drug-likeness (QED) is 0.580. The number of aryl methyl sites for hydroxylation is 2. The second-order valence-corrected chi connectivity index (χ2v) is 2.48. The van der Waals surface area contributed by atoms with E-state index in [0.29, 0.717) is 0 Å². The number of rotatable bonds is 2. The summed E-state index contributed by atoms with van der Waals surface area (Å²) in [5.41, 5.74) is 2.98. The average Bonchev–Trinajstić information content (AvgIpc) is 2.34. The maximum Gasteiger partial charge on any atom is -0.0305 e. The van der Waals surface area contributed by atoms with Crippen molar-refractivity contribution in [2.45, 2.75) is 48.0 Å². The van der Waals surface area contributed by atoms with Gasteiger partial charge in [-0.25, -0.2) is 0 Å². The number of hydrogen-bond acceptors (Lipinski definition) is 0. The lowest BCUT2D eigenvalue weighted by molar-refractivity contribution is 1.04. The highest BCUT2D eigenvalue weighted by Gasteiger charge is 1.93. The zero-order valence-corrected chi connectivity index (χ0v) is 10.1. The van der Waals surface area contributed by atoms with Crippen LogP contribution in [0.15, 0.2) is 37.4 Å². The fourth-order valence-electron chi connectivity index (χ4n) is 1.25. The molecule has 0 saturated carbocycles. The SMILES string of the molecule is C.C=C.CC.CCc1ccccc1CC. The zero-order chi connectivity index (χ0) is 11.4. The van der Waals surface area contributed by atoms with Gasteiger partial charge in [0.2, 0.25) is 0 Å². The maximum atomic E-state index is 3.00. The molecular weight excluding hydrogens is 180 g/mol. The Kier molecular flexibility index (Phi) is 20.1. The second-order valence-electron chi connectivity index (χ2n) is 2.48. The van der Waals surface area contributed by atoms with Crippen molar-refractivity contribution in [1.82, 2.24) is 0 Å². The summed E-state index contributed by atoms with van der Waals surface area (Å²) in [6.07, 6.45) is 2.31. The Labute approximate surface area is 97.0 Å². The monoisotopic (exact) mass is 208 g/mol. The van der Waals surface area contributed by atoms with Crippen molar-refractivity contribution in [2.75, 3.05) is 0 Å². The van der Waals surface area contributed by atoms with Gasteiger partial charge in [0, 0.05) is 0 Å². The lowest BCUT2D eigenvalue weighted by Crippen LogP contribution is -1.88. The van der Waals surface area contributed by atoms with Crippen molar-refractivity contribution >= 4 is 0 Å².